The Bertz CT molecular complexity index is 935. The minimum Gasteiger partial charge on any atom is -0.475 e. The van der Waals surface area contributed by atoms with Crippen molar-refractivity contribution in [1.29, 1.82) is 0 Å². The zero-order valence-electron chi connectivity index (χ0n) is 17.5. The Morgan fingerprint density at radius 1 is 1.31 bits per heavy atom. The molecule has 32 heavy (non-hydrogen) atoms. The maximum atomic E-state index is 12.8. The first-order valence-electron chi connectivity index (χ1n) is 10.1. The van der Waals surface area contributed by atoms with Crippen molar-refractivity contribution in [3.05, 3.63) is 48.5 Å². The molecule has 2 aromatic rings. The number of nitrogens with zero attached hydrogens (tertiary/aromatic N) is 3. The standard InChI is InChI=1S/C19H24N4O2.C2HF3O2/c1-22-9-3-6-17(22)18(24)23-10-4-7-19(14-23)11-16(13-25-19)21-15-5-2-8-20-12-15;3-2(4,5)1(6)7/h2-3,5-6,8-9,12,16,21H,4,7,10-11,13-14H2,1H3;(H,6,7). The summed E-state index contributed by atoms with van der Waals surface area (Å²) in [5.41, 5.74) is 1.53. The quantitative estimate of drug-likeness (QED) is 0.741. The van der Waals surface area contributed by atoms with Crippen LogP contribution in [0.1, 0.15) is 29.8 Å². The molecular formula is C21H25F3N4O4. The Kier molecular flexibility index (Phi) is 7.07. The van der Waals surface area contributed by atoms with E-state index in [1.807, 2.05) is 53.2 Å². The van der Waals surface area contributed by atoms with Crippen LogP contribution in [0, 0.1) is 0 Å². The first-order valence-corrected chi connectivity index (χ1v) is 10.1. The molecular weight excluding hydrogens is 429 g/mol. The number of pyridine rings is 1. The van der Waals surface area contributed by atoms with Crippen LogP contribution in [0.5, 0.6) is 0 Å². The van der Waals surface area contributed by atoms with Crippen molar-refractivity contribution in [2.24, 2.45) is 7.05 Å². The maximum Gasteiger partial charge on any atom is 0.490 e. The fraction of sp³-hybridized carbons (Fsp3) is 0.476. The lowest BCUT2D eigenvalue weighted by molar-refractivity contribution is -0.192. The second-order valence-corrected chi connectivity index (χ2v) is 7.92. The van der Waals surface area contributed by atoms with Crippen LogP contribution in [-0.2, 0) is 16.6 Å². The summed E-state index contributed by atoms with van der Waals surface area (Å²) in [5, 5.41) is 10.6. The van der Waals surface area contributed by atoms with Gasteiger partial charge in [-0.25, -0.2) is 4.79 Å². The molecule has 0 saturated carbocycles. The number of alkyl halides is 3. The van der Waals surface area contributed by atoms with Gasteiger partial charge in [0.2, 0.25) is 0 Å². The highest BCUT2D eigenvalue weighted by Gasteiger charge is 2.44. The van der Waals surface area contributed by atoms with Gasteiger partial charge in [0.15, 0.2) is 0 Å². The molecule has 0 aliphatic carbocycles. The molecule has 2 unspecified atom stereocenters. The van der Waals surface area contributed by atoms with E-state index in [4.69, 9.17) is 14.6 Å². The summed E-state index contributed by atoms with van der Waals surface area (Å²) in [6.45, 7) is 2.14. The van der Waals surface area contributed by atoms with Crippen LogP contribution < -0.4 is 5.32 Å². The summed E-state index contributed by atoms with van der Waals surface area (Å²) >= 11 is 0. The van der Waals surface area contributed by atoms with Gasteiger partial charge in [-0.2, -0.15) is 13.2 Å². The predicted octanol–water partition coefficient (Wildman–Crippen LogP) is 2.93. The molecule has 0 bridgehead atoms. The maximum absolute atomic E-state index is 12.8. The van der Waals surface area contributed by atoms with Crippen molar-refractivity contribution < 1.29 is 32.6 Å². The SMILES string of the molecule is Cn1cccc1C(=O)N1CCCC2(CC(Nc3cccnc3)CO2)C1.O=C(O)C(F)(F)F. The van der Waals surface area contributed by atoms with Crippen LogP contribution in [-0.4, -0.2) is 68.9 Å². The number of hydrogen-bond donors (Lipinski definition) is 2. The third kappa shape index (κ3) is 5.78. The van der Waals surface area contributed by atoms with E-state index < -0.39 is 12.1 Å². The molecule has 2 N–H and O–H groups in total. The summed E-state index contributed by atoms with van der Waals surface area (Å²) in [6, 6.07) is 7.99. The molecule has 174 valence electrons. The number of amides is 1. The number of aliphatic carboxylic acids is 1. The van der Waals surface area contributed by atoms with E-state index >= 15 is 0 Å². The summed E-state index contributed by atoms with van der Waals surface area (Å²) in [7, 11) is 1.91. The largest absolute Gasteiger partial charge is 0.490 e. The fourth-order valence-corrected chi connectivity index (χ4v) is 4.02. The van der Waals surface area contributed by atoms with Gasteiger partial charge in [-0.15, -0.1) is 0 Å². The fourth-order valence-electron chi connectivity index (χ4n) is 4.02. The Labute approximate surface area is 183 Å². The molecule has 2 atom stereocenters. The number of rotatable bonds is 3. The van der Waals surface area contributed by atoms with E-state index in [0.29, 0.717) is 13.2 Å². The van der Waals surface area contributed by atoms with Crippen molar-refractivity contribution in [2.75, 3.05) is 25.0 Å². The van der Waals surface area contributed by atoms with Gasteiger partial charge in [0.25, 0.3) is 5.91 Å². The van der Waals surface area contributed by atoms with Crippen LogP contribution in [0.2, 0.25) is 0 Å². The van der Waals surface area contributed by atoms with Crippen LogP contribution in [0.25, 0.3) is 0 Å². The van der Waals surface area contributed by atoms with E-state index in [-0.39, 0.29) is 17.6 Å². The minimum absolute atomic E-state index is 0.0962. The number of anilines is 1. The Morgan fingerprint density at radius 2 is 2.06 bits per heavy atom. The van der Waals surface area contributed by atoms with Gasteiger partial charge in [-0.05, 0) is 37.1 Å². The number of likely N-dealkylation sites (tertiary alicyclic amines) is 1. The van der Waals surface area contributed by atoms with E-state index in [0.717, 1.165) is 37.2 Å². The lowest BCUT2D eigenvalue weighted by Crippen LogP contribution is -2.50. The lowest BCUT2D eigenvalue weighted by Gasteiger charge is -2.39. The molecule has 11 heteroatoms. The van der Waals surface area contributed by atoms with E-state index in [1.54, 1.807) is 6.20 Å². The Balaban J connectivity index is 0.000000360. The number of hydrogen-bond acceptors (Lipinski definition) is 5. The number of nitrogens with one attached hydrogen (secondary N) is 1. The van der Waals surface area contributed by atoms with Gasteiger partial charge < -0.3 is 24.6 Å². The number of carboxylic acid groups (broad SMARTS) is 1. The highest BCUT2D eigenvalue weighted by atomic mass is 19.4. The highest BCUT2D eigenvalue weighted by molar-refractivity contribution is 5.92. The first-order chi connectivity index (χ1) is 15.1. The van der Waals surface area contributed by atoms with Crippen LogP contribution in [0.4, 0.5) is 18.9 Å². The number of piperidine rings is 1. The average molecular weight is 454 g/mol. The number of aryl methyl sites for hydroxylation is 1. The second kappa shape index (κ2) is 9.60. The molecule has 1 spiro atoms. The number of halogens is 3. The van der Waals surface area contributed by atoms with Crippen LogP contribution in [0.3, 0.4) is 0 Å². The summed E-state index contributed by atoms with van der Waals surface area (Å²) in [4.78, 5) is 27.8. The number of carbonyl (C=O) groups excluding carboxylic acids is 1. The van der Waals surface area contributed by atoms with Crippen molar-refractivity contribution in [1.82, 2.24) is 14.5 Å². The highest BCUT2D eigenvalue weighted by Crippen LogP contribution is 2.36. The normalized spacial score (nSPS) is 22.9. The minimum atomic E-state index is -5.08. The lowest BCUT2D eigenvalue weighted by atomic mass is 9.88. The molecule has 2 fully saturated rings. The molecule has 2 aromatic heterocycles. The summed E-state index contributed by atoms with van der Waals surface area (Å²) in [6.07, 6.45) is 3.33. The molecule has 2 aliphatic rings. The van der Waals surface area contributed by atoms with E-state index in [2.05, 4.69) is 10.3 Å². The molecule has 1 amide bonds. The zero-order chi connectivity index (χ0) is 23.4. The van der Waals surface area contributed by atoms with Crippen molar-refractivity contribution in [3.8, 4) is 0 Å². The van der Waals surface area contributed by atoms with Crippen LogP contribution >= 0.6 is 0 Å². The van der Waals surface area contributed by atoms with Gasteiger partial charge in [0.05, 0.1) is 30.5 Å². The zero-order valence-corrected chi connectivity index (χ0v) is 17.5. The molecule has 0 radical (unpaired) electrons. The molecule has 8 nitrogen and oxygen atoms in total. The number of aromatic nitrogens is 2. The molecule has 2 aliphatic heterocycles. The number of ether oxygens (including phenoxy) is 1. The van der Waals surface area contributed by atoms with Crippen molar-refractivity contribution in [3.63, 3.8) is 0 Å². The van der Waals surface area contributed by atoms with Gasteiger partial charge >= 0.3 is 12.1 Å². The van der Waals surface area contributed by atoms with Gasteiger partial charge in [-0.1, -0.05) is 0 Å². The number of carbonyl (C=O) groups is 2. The molecule has 0 aromatic carbocycles. The van der Waals surface area contributed by atoms with E-state index in [1.165, 1.54) is 0 Å². The third-order valence-electron chi connectivity index (χ3n) is 5.47. The van der Waals surface area contributed by atoms with Crippen LogP contribution in [0.15, 0.2) is 42.9 Å². The third-order valence-corrected chi connectivity index (χ3v) is 5.47. The molecule has 4 heterocycles. The first kappa shape index (κ1) is 23.6. The van der Waals surface area contributed by atoms with Gasteiger partial charge in [0.1, 0.15) is 5.69 Å². The monoisotopic (exact) mass is 454 g/mol. The molecule has 4 rings (SSSR count). The Hall–Kier alpha value is -3.08. The van der Waals surface area contributed by atoms with Gasteiger partial charge in [0, 0.05) is 38.6 Å². The smallest absolute Gasteiger partial charge is 0.475 e. The van der Waals surface area contributed by atoms with E-state index in [9.17, 15) is 18.0 Å². The van der Waals surface area contributed by atoms with Gasteiger partial charge in [-0.3, -0.25) is 9.78 Å². The second-order valence-electron chi connectivity index (χ2n) is 7.92. The Morgan fingerprint density at radius 3 is 2.66 bits per heavy atom. The average Bonchev–Trinajstić information content (AvgIpc) is 3.34. The topological polar surface area (TPSA) is 96.7 Å². The number of carboxylic acids is 1. The van der Waals surface area contributed by atoms with Crippen molar-refractivity contribution in [2.45, 2.75) is 37.1 Å². The van der Waals surface area contributed by atoms with Crippen molar-refractivity contribution >= 4 is 17.6 Å². The predicted molar refractivity (Wildman–Crippen MR) is 109 cm³/mol. The summed E-state index contributed by atoms with van der Waals surface area (Å²) < 4.78 is 39.8. The molecule has 2 saturated heterocycles. The summed E-state index contributed by atoms with van der Waals surface area (Å²) in [5.74, 6) is -2.66.